The minimum atomic E-state index is 0.0721. The number of halogens is 2. The van der Waals surface area contributed by atoms with Gasteiger partial charge in [-0.15, -0.1) is 0 Å². The second-order valence-electron chi connectivity index (χ2n) is 8.16. The number of hydrogen-bond acceptors (Lipinski definition) is 3. The Balaban J connectivity index is 1.47. The normalized spacial score (nSPS) is 23.2. The van der Waals surface area contributed by atoms with Gasteiger partial charge in [0, 0.05) is 0 Å². The van der Waals surface area contributed by atoms with Crippen LogP contribution in [-0.4, -0.2) is 17.6 Å². The molecule has 0 saturated carbocycles. The first-order chi connectivity index (χ1) is 14.7. The zero-order chi connectivity index (χ0) is 20.5. The molecule has 0 spiro atoms. The summed E-state index contributed by atoms with van der Waals surface area (Å²) in [6.45, 7) is 0.858. The van der Waals surface area contributed by atoms with Gasteiger partial charge in [0.15, 0.2) is 0 Å². The van der Waals surface area contributed by atoms with Crippen molar-refractivity contribution in [2.75, 3.05) is 16.8 Å². The first-order valence-corrected chi connectivity index (χ1v) is 14.5. The molecule has 0 saturated heterocycles. The average Bonchev–Trinajstić information content (AvgIpc) is 2.79. The molecular formula is C25H28ClIN3-. The topological polar surface area (TPSA) is 36.1 Å². The van der Waals surface area contributed by atoms with E-state index >= 15 is 0 Å². The number of rotatable bonds is 4. The predicted molar refractivity (Wildman–Crippen MR) is 122 cm³/mol. The van der Waals surface area contributed by atoms with Crippen molar-refractivity contribution in [2.45, 2.75) is 44.7 Å². The summed E-state index contributed by atoms with van der Waals surface area (Å²) < 4.78 is 1.47. The molecule has 2 aliphatic heterocycles. The first-order valence-electron chi connectivity index (χ1n) is 10.8. The third-order valence-corrected chi connectivity index (χ3v) is 8.57. The van der Waals surface area contributed by atoms with E-state index in [1.807, 2.05) is 0 Å². The molecule has 2 aliphatic carbocycles. The second-order valence-corrected chi connectivity index (χ2v) is 10.9. The number of nitrogens with one attached hydrogen (secondary N) is 3. The van der Waals surface area contributed by atoms with Crippen LogP contribution < -0.4 is 37.2 Å². The van der Waals surface area contributed by atoms with E-state index in [1.54, 1.807) is 0 Å². The predicted octanol–water partition coefficient (Wildman–Crippen LogP) is 2.46. The monoisotopic (exact) mass is 532 g/mol. The molecule has 0 fully saturated rings. The summed E-state index contributed by atoms with van der Waals surface area (Å²) in [7, 11) is 0. The summed E-state index contributed by atoms with van der Waals surface area (Å²) in [6.07, 6.45) is 16.1. The number of hydrogen-bond donors (Lipinski definition) is 3. The molecular weight excluding hydrogens is 505 g/mol. The van der Waals surface area contributed by atoms with Gasteiger partial charge in [-0.05, 0) is 0 Å². The van der Waals surface area contributed by atoms with Crippen LogP contribution in [-0.2, 0) is 0 Å². The maximum atomic E-state index is 6.59. The van der Waals surface area contributed by atoms with E-state index in [9.17, 15) is 0 Å². The molecule has 158 valence electrons. The van der Waals surface area contributed by atoms with Crippen molar-refractivity contribution in [3.63, 3.8) is 0 Å². The van der Waals surface area contributed by atoms with Crippen LogP contribution >= 0.6 is 11.6 Å². The van der Waals surface area contributed by atoms with E-state index in [1.165, 1.54) is 44.5 Å². The van der Waals surface area contributed by atoms with Crippen molar-refractivity contribution in [2.24, 2.45) is 0 Å². The van der Waals surface area contributed by atoms with Crippen molar-refractivity contribution >= 4 is 23.0 Å². The quantitative estimate of drug-likeness (QED) is 0.412. The third kappa shape index (κ3) is 3.96. The zero-order valence-corrected chi connectivity index (χ0v) is 20.2. The number of benzene rings is 1. The van der Waals surface area contributed by atoms with Gasteiger partial charge in [0.25, 0.3) is 0 Å². The van der Waals surface area contributed by atoms with Crippen LogP contribution in [0.1, 0.15) is 44.1 Å². The van der Waals surface area contributed by atoms with Gasteiger partial charge in [-0.25, -0.2) is 0 Å². The molecule has 0 aromatic heterocycles. The van der Waals surface area contributed by atoms with E-state index in [0.717, 1.165) is 48.5 Å². The molecule has 5 heteroatoms. The Morgan fingerprint density at radius 3 is 2.83 bits per heavy atom. The van der Waals surface area contributed by atoms with Gasteiger partial charge >= 0.3 is 195 Å². The molecule has 2 heterocycles. The fraction of sp³-hybridized carbons (Fsp3) is 0.360. The molecule has 3 nitrogen and oxygen atoms in total. The molecule has 1 atom stereocenters. The Hall–Kier alpha value is -1.66. The molecule has 4 aliphatic rings. The Kier molecular flexibility index (Phi) is 5.96. The van der Waals surface area contributed by atoms with E-state index in [0.29, 0.717) is 0 Å². The van der Waals surface area contributed by atoms with Crippen molar-refractivity contribution in [1.82, 2.24) is 10.6 Å². The van der Waals surface area contributed by atoms with Crippen molar-refractivity contribution < 1.29 is 21.2 Å². The SMILES string of the molecule is C[I-]c1ccc2c(c1)C(NC1NC(C3=CCCC=C3Cl)=CC3=C1CCCC3)=CCN2. The Morgan fingerprint density at radius 2 is 1.97 bits per heavy atom. The van der Waals surface area contributed by atoms with Crippen LogP contribution in [0.25, 0.3) is 5.70 Å². The average molecular weight is 533 g/mol. The summed E-state index contributed by atoms with van der Waals surface area (Å²) in [6, 6.07) is 6.88. The van der Waals surface area contributed by atoms with Crippen LogP contribution in [0.3, 0.4) is 0 Å². The van der Waals surface area contributed by atoms with Crippen molar-refractivity contribution in [3.8, 4) is 0 Å². The Morgan fingerprint density at radius 1 is 1.10 bits per heavy atom. The van der Waals surface area contributed by atoms with Crippen LogP contribution in [0, 0.1) is 3.57 Å². The van der Waals surface area contributed by atoms with E-state index in [4.69, 9.17) is 11.6 Å². The number of alkyl halides is 1. The summed E-state index contributed by atoms with van der Waals surface area (Å²) >= 11 is 6.66. The van der Waals surface area contributed by atoms with Crippen LogP contribution in [0.2, 0.25) is 0 Å². The van der Waals surface area contributed by atoms with Gasteiger partial charge in [-0.3, -0.25) is 0 Å². The molecule has 1 unspecified atom stereocenters. The van der Waals surface area contributed by atoms with Crippen LogP contribution in [0.4, 0.5) is 5.69 Å². The number of fused-ring (bicyclic) bond motifs is 1. The van der Waals surface area contributed by atoms with E-state index in [-0.39, 0.29) is 27.4 Å². The summed E-state index contributed by atoms with van der Waals surface area (Å²) in [4.78, 5) is 2.32. The second kappa shape index (κ2) is 8.83. The van der Waals surface area contributed by atoms with E-state index in [2.05, 4.69) is 63.4 Å². The third-order valence-electron chi connectivity index (χ3n) is 6.30. The van der Waals surface area contributed by atoms with Gasteiger partial charge in [0.1, 0.15) is 0 Å². The standard InChI is InChI=1S/C25H28ClIN3/c1-27-17-10-11-22-20(15-17)23(12-13-28-22)29-25-18-7-3-2-6-16(18)14-24(30-25)19-8-4-5-9-21(19)26/h8-12,14-15,25,28-30H,2-7,13H2,1H3/q-1. The zero-order valence-electron chi connectivity index (χ0n) is 17.3. The van der Waals surface area contributed by atoms with Crippen molar-refractivity contribution in [3.05, 3.63) is 79.1 Å². The van der Waals surface area contributed by atoms with Gasteiger partial charge in [-0.1, -0.05) is 0 Å². The maximum absolute atomic E-state index is 6.59. The molecule has 3 N–H and O–H groups in total. The van der Waals surface area contributed by atoms with Gasteiger partial charge in [-0.2, -0.15) is 0 Å². The summed E-state index contributed by atoms with van der Waals surface area (Å²) in [5.74, 6) is 0. The van der Waals surface area contributed by atoms with Crippen molar-refractivity contribution in [1.29, 1.82) is 0 Å². The van der Waals surface area contributed by atoms with E-state index < -0.39 is 0 Å². The Bertz CT molecular complexity index is 1020. The van der Waals surface area contributed by atoms with Crippen LogP contribution in [0.15, 0.2) is 70.0 Å². The fourth-order valence-corrected chi connectivity index (χ4v) is 6.19. The van der Waals surface area contributed by atoms with Gasteiger partial charge < -0.3 is 0 Å². The minimum absolute atomic E-state index is 0.0721. The molecule has 0 amide bonds. The fourth-order valence-electron chi connectivity index (χ4n) is 4.74. The Labute approximate surface area is 194 Å². The van der Waals surface area contributed by atoms with Gasteiger partial charge in [0.2, 0.25) is 0 Å². The van der Waals surface area contributed by atoms with Crippen LogP contribution in [0.5, 0.6) is 0 Å². The summed E-state index contributed by atoms with van der Waals surface area (Å²) in [5.41, 5.74) is 9.09. The summed E-state index contributed by atoms with van der Waals surface area (Å²) in [5, 5.41) is 12.1. The molecule has 0 bridgehead atoms. The number of dihydropyridines is 1. The molecule has 1 aromatic carbocycles. The molecule has 30 heavy (non-hydrogen) atoms. The van der Waals surface area contributed by atoms with Gasteiger partial charge in [0.05, 0.1) is 0 Å². The first kappa shape index (κ1) is 20.3. The number of anilines is 1. The number of allylic oxidation sites excluding steroid dienone is 5. The molecule has 5 rings (SSSR count). The molecule has 1 aromatic rings. The molecule has 0 radical (unpaired) electrons.